The maximum absolute atomic E-state index is 15.9. The first-order valence-corrected chi connectivity index (χ1v) is 38.8. The Morgan fingerprint density at radius 2 is 0.743 bits per heavy atom. The maximum atomic E-state index is 15.9. The molecule has 3 aromatic rings. The van der Waals surface area contributed by atoms with Crippen LogP contribution in [0.5, 0.6) is 0 Å². The van der Waals surface area contributed by atoms with Gasteiger partial charge in [-0.3, -0.25) is 117 Å². The van der Waals surface area contributed by atoms with Crippen LogP contribution >= 0.6 is 58.8 Å². The van der Waals surface area contributed by atoms with Crippen molar-refractivity contribution in [3.05, 3.63) is 97.8 Å². The highest BCUT2D eigenvalue weighted by molar-refractivity contribution is 8.14. The molecule has 0 bridgehead atoms. The first-order valence-electron chi connectivity index (χ1n) is 31.4. The van der Waals surface area contributed by atoms with Gasteiger partial charge >= 0.3 is 46.5 Å². The van der Waals surface area contributed by atoms with E-state index in [1.807, 2.05) is 0 Å². The number of phosphoric ester groups is 3. The molecule has 101 heavy (non-hydrogen) atoms. The van der Waals surface area contributed by atoms with E-state index in [1.165, 1.54) is 89.3 Å². The number of phosphoric acid groups is 3. The molecule has 0 aromatic carbocycles. The van der Waals surface area contributed by atoms with Gasteiger partial charge in [-0.25, -0.2) is 28.1 Å². The second-order valence-corrected chi connectivity index (χ2v) is 35.4. The molecule has 6 heterocycles. The zero-order chi connectivity index (χ0) is 75.7. The molecule has 41 heteroatoms. The molecule has 0 spiro atoms. The molecule has 3 N–H and O–H groups in total. The van der Waals surface area contributed by atoms with Crippen LogP contribution in [0.2, 0.25) is 0 Å². The van der Waals surface area contributed by atoms with Crippen molar-refractivity contribution in [3.63, 3.8) is 0 Å². The molecular formula is C60H87N6O29P3S3. The van der Waals surface area contributed by atoms with Crippen molar-refractivity contribution < 1.29 is 107 Å². The molecule has 564 valence electrons. The smallest absolute Gasteiger partial charge is 0.462 e. The van der Waals surface area contributed by atoms with Gasteiger partial charge in [0, 0.05) is 98.7 Å². The van der Waals surface area contributed by atoms with Gasteiger partial charge in [-0.15, -0.1) is 0 Å². The third-order valence-electron chi connectivity index (χ3n) is 15.9. The standard InChI is InChI=1S/C60H87N6O29P3S3/c1-32-20-64(54(77)61-50(32)73)47-17-38(41(90-47)23-84-53(76)57(7,8)9)94-97(81,88-30-59(12,13)45(71)27-100-36(5)68)86-25-43-40(19-49(92-43)66-22-34(3)52(75)63-56(66)79)95-98(82,89-31-60(14,15)46(72)28-101-37(6)69)85-24-42-39(18-48(91-42)65-21-33(2)51(74)62-55(65)78)93-96(80,83-16)87-29-58(10,11)44(70)26-99-35(4)67/h20-22,38-43,47-49H,17-19,23-31H2,1-16H3,(H,61,73,77)(H,62,74,78)(H,63,75,79)/t38-,39-,40-,41+,42+,43+,47+,48+,49+,96?,97?,98?/m0/s1. The fraction of sp³-hybridized carbons (Fsp3) is 0.683. The van der Waals surface area contributed by atoms with Gasteiger partial charge in [0.25, 0.3) is 16.7 Å². The quantitative estimate of drug-likeness (QED) is 0.0454. The van der Waals surface area contributed by atoms with Crippen LogP contribution in [-0.4, -0.2) is 168 Å². The Bertz CT molecular complexity index is 4120. The van der Waals surface area contributed by atoms with E-state index in [1.54, 1.807) is 20.8 Å². The highest BCUT2D eigenvalue weighted by atomic mass is 32.2. The molecule has 3 fully saturated rings. The number of ether oxygens (including phenoxy) is 4. The Morgan fingerprint density at radius 3 is 1.02 bits per heavy atom. The van der Waals surface area contributed by atoms with Gasteiger partial charge in [-0.1, -0.05) is 76.8 Å². The van der Waals surface area contributed by atoms with Crippen LogP contribution < -0.4 is 33.7 Å². The van der Waals surface area contributed by atoms with Crippen LogP contribution in [0.3, 0.4) is 0 Å². The Kier molecular flexibility index (Phi) is 29.2. The summed E-state index contributed by atoms with van der Waals surface area (Å²) in [5.41, 5.74) is -10.7. The summed E-state index contributed by atoms with van der Waals surface area (Å²) >= 11 is 2.10. The number of hydrogen-bond donors (Lipinski definition) is 3. The summed E-state index contributed by atoms with van der Waals surface area (Å²) in [4.78, 5) is 174. The third-order valence-corrected chi connectivity index (χ3v) is 22.7. The Morgan fingerprint density at radius 1 is 0.465 bits per heavy atom. The number of nitrogens with zero attached hydrogens (tertiary/aromatic N) is 3. The lowest BCUT2D eigenvalue weighted by Crippen LogP contribution is -2.35. The molecular weight excluding hydrogens is 1460 g/mol. The van der Waals surface area contributed by atoms with Gasteiger partial charge in [0.15, 0.2) is 32.7 Å². The third kappa shape index (κ3) is 23.6. The summed E-state index contributed by atoms with van der Waals surface area (Å²) in [5, 5.41) is -1.15. The minimum atomic E-state index is -5.43. The van der Waals surface area contributed by atoms with E-state index >= 15 is 9.13 Å². The Labute approximate surface area is 592 Å². The number of ketones is 3. The summed E-state index contributed by atoms with van der Waals surface area (Å²) in [7, 11) is -14.6. The Balaban J connectivity index is 1.44. The number of aromatic nitrogens is 6. The van der Waals surface area contributed by atoms with Gasteiger partial charge in [-0.05, 0) is 41.5 Å². The van der Waals surface area contributed by atoms with Crippen LogP contribution in [0.4, 0.5) is 0 Å². The number of H-pyrrole nitrogens is 3. The predicted molar refractivity (Wildman–Crippen MR) is 364 cm³/mol. The first-order chi connectivity index (χ1) is 46.7. The van der Waals surface area contributed by atoms with Crippen molar-refractivity contribution in [1.82, 2.24) is 28.7 Å². The highest BCUT2D eigenvalue weighted by Gasteiger charge is 2.51. The monoisotopic (exact) mass is 1540 g/mol. The first kappa shape index (κ1) is 84.7. The molecule has 3 aliphatic rings. The number of nitrogens with one attached hydrogen (secondary N) is 3. The molecule has 35 nitrogen and oxygen atoms in total. The second-order valence-electron chi connectivity index (χ2n) is 27.0. The number of aromatic amines is 3. The van der Waals surface area contributed by atoms with Crippen molar-refractivity contribution >= 4 is 97.4 Å². The molecule has 3 saturated heterocycles. The van der Waals surface area contributed by atoms with Gasteiger partial charge < -0.3 is 18.9 Å². The van der Waals surface area contributed by atoms with E-state index in [9.17, 15) is 66.9 Å². The number of aryl methyl sites for hydroxylation is 3. The number of carbonyl (C=O) groups excluding carboxylic acids is 7. The van der Waals surface area contributed by atoms with Crippen molar-refractivity contribution in [2.75, 3.05) is 64.0 Å². The van der Waals surface area contributed by atoms with Crippen LogP contribution in [0, 0.1) is 42.4 Å². The van der Waals surface area contributed by atoms with Gasteiger partial charge in [0.2, 0.25) is 0 Å². The van der Waals surface area contributed by atoms with Gasteiger partial charge in [-0.2, -0.15) is 0 Å². The average molecular weight is 1550 g/mol. The summed E-state index contributed by atoms with van der Waals surface area (Å²) in [6, 6.07) is 0. The van der Waals surface area contributed by atoms with Crippen molar-refractivity contribution in [3.8, 4) is 0 Å². The Hall–Kier alpha value is -5.21. The zero-order valence-electron chi connectivity index (χ0n) is 58.7. The number of rotatable bonds is 36. The number of esters is 1. The molecule has 3 unspecified atom stereocenters. The topological polar surface area (TPSA) is 455 Å². The molecule has 3 aliphatic heterocycles. The normalized spacial score (nSPS) is 23.0. The molecule has 0 radical (unpaired) electrons. The van der Waals surface area contributed by atoms with Crippen LogP contribution in [-0.2, 0) is 107 Å². The average Bonchev–Trinajstić information content (AvgIpc) is 1.69. The number of Topliss-reactive ketones (excluding diaryl/α,β-unsaturated/α-hetero) is 3. The van der Waals surface area contributed by atoms with Crippen molar-refractivity contribution in [2.45, 2.75) is 178 Å². The molecule has 0 amide bonds. The lowest BCUT2D eigenvalue weighted by molar-refractivity contribution is -0.159. The van der Waals surface area contributed by atoms with Crippen molar-refractivity contribution in [1.29, 1.82) is 0 Å². The maximum Gasteiger partial charge on any atom is 0.475 e. The molecule has 6 rings (SSSR count). The summed E-state index contributed by atoms with van der Waals surface area (Å²) in [6.45, 7) is 16.4. The fourth-order valence-electron chi connectivity index (χ4n) is 9.37. The lowest BCUT2D eigenvalue weighted by atomic mass is 9.90. The highest BCUT2D eigenvalue weighted by Crippen LogP contribution is 2.59. The van der Waals surface area contributed by atoms with Gasteiger partial charge in [0.05, 0.1) is 55.7 Å². The number of thioether (sulfide) groups is 3. The van der Waals surface area contributed by atoms with E-state index < -0.39 is 220 Å². The number of carbonyl (C=O) groups is 7. The molecule has 0 saturated carbocycles. The van der Waals surface area contributed by atoms with Crippen molar-refractivity contribution in [2.24, 2.45) is 21.7 Å². The summed E-state index contributed by atoms with van der Waals surface area (Å²) in [6.07, 6.45) is -11.7. The van der Waals surface area contributed by atoms with E-state index in [-0.39, 0.29) is 45.5 Å². The fourth-order valence-corrected chi connectivity index (χ4v) is 16.0. The van der Waals surface area contributed by atoms with E-state index in [4.69, 9.17) is 59.7 Å². The second kappa shape index (κ2) is 34.8. The minimum Gasteiger partial charge on any atom is -0.462 e. The van der Waals surface area contributed by atoms with E-state index in [0.717, 1.165) is 45.0 Å². The van der Waals surface area contributed by atoms with E-state index in [0.29, 0.717) is 23.5 Å². The predicted octanol–water partition coefficient (Wildman–Crippen LogP) is 5.85. The van der Waals surface area contributed by atoms with Crippen LogP contribution in [0.1, 0.15) is 138 Å². The molecule has 3 aromatic heterocycles. The summed E-state index contributed by atoms with van der Waals surface area (Å²) < 4.78 is 127. The molecule has 12 atom stereocenters. The minimum absolute atomic E-state index is 0.00266. The number of hydrogen-bond acceptors (Lipinski definition) is 32. The largest absolute Gasteiger partial charge is 0.475 e. The lowest BCUT2D eigenvalue weighted by Gasteiger charge is -2.30. The van der Waals surface area contributed by atoms with E-state index in [2.05, 4.69) is 15.0 Å². The SMILES string of the molecule is COP(=O)(OCC(C)(C)C(=O)CSC(C)=O)O[C@H]1C[C@H](n2cc(C)c(=O)[nH]c2=O)O[C@@H]1COP(=O)(OCC(C)(C)C(=O)CSC(C)=O)O[C@H]1C[C@H](n2cc(C)c(=O)[nH]c2=O)O[C@@H]1COP(=O)(OCC(C)(C)C(=O)CSC(C)=O)O[C@H]1C[C@H](n2cc(C)c(=O)[nH]c2=O)O[C@@H]1COC(=O)C(C)(C)C. The van der Waals surface area contributed by atoms with Gasteiger partial charge in [0.1, 0.15) is 61.9 Å². The van der Waals surface area contributed by atoms with Crippen LogP contribution in [0.25, 0.3) is 0 Å². The zero-order valence-corrected chi connectivity index (χ0v) is 63.8. The summed E-state index contributed by atoms with van der Waals surface area (Å²) in [5.74, 6) is -3.31. The molecule has 0 aliphatic carbocycles. The van der Waals surface area contributed by atoms with Crippen LogP contribution in [0.15, 0.2) is 47.4 Å².